The quantitative estimate of drug-likeness (QED) is 0.816. The summed E-state index contributed by atoms with van der Waals surface area (Å²) in [4.78, 5) is 31.4. The summed E-state index contributed by atoms with van der Waals surface area (Å²) in [6.07, 6.45) is 6.50. The van der Waals surface area contributed by atoms with Gasteiger partial charge in [0.15, 0.2) is 0 Å². The van der Waals surface area contributed by atoms with E-state index in [4.69, 9.17) is 0 Å². The SMILES string of the molecule is CC(C)NC(=O)N1CCC(N2C[C@H]3C[C@H](C2)[C@H]2CCCC(=O)N2C3)CC1. The summed E-state index contributed by atoms with van der Waals surface area (Å²) in [6, 6.07) is 1.38. The van der Waals surface area contributed by atoms with Crippen LogP contribution in [0, 0.1) is 11.8 Å². The number of hydrogen-bond acceptors (Lipinski definition) is 3. The fraction of sp³-hybridized carbons (Fsp3) is 0.900. The molecule has 1 N–H and O–H groups in total. The van der Waals surface area contributed by atoms with E-state index in [9.17, 15) is 9.59 Å². The van der Waals surface area contributed by atoms with E-state index in [1.807, 2.05) is 18.7 Å². The second kappa shape index (κ2) is 7.37. The van der Waals surface area contributed by atoms with Gasteiger partial charge in [0, 0.05) is 57.3 Å². The molecule has 4 aliphatic heterocycles. The second-order valence-electron chi connectivity index (χ2n) is 9.14. The molecular formula is C20H34N4O2. The third-order valence-electron chi connectivity index (χ3n) is 6.89. The number of rotatable bonds is 2. The van der Waals surface area contributed by atoms with E-state index in [1.54, 1.807) is 0 Å². The molecule has 3 amide bonds. The zero-order valence-corrected chi connectivity index (χ0v) is 16.3. The molecular weight excluding hydrogens is 328 g/mol. The highest BCUT2D eigenvalue weighted by atomic mass is 16.2. The van der Waals surface area contributed by atoms with Crippen LogP contribution in [0.25, 0.3) is 0 Å². The number of carbonyl (C=O) groups is 2. The van der Waals surface area contributed by atoms with Gasteiger partial charge in [-0.15, -0.1) is 0 Å². The average Bonchev–Trinajstić information content (AvgIpc) is 2.62. The van der Waals surface area contributed by atoms with Crippen LogP contribution in [0.2, 0.25) is 0 Å². The van der Waals surface area contributed by atoms with Crippen molar-refractivity contribution in [1.82, 2.24) is 20.0 Å². The van der Waals surface area contributed by atoms with Crippen molar-refractivity contribution in [2.75, 3.05) is 32.7 Å². The van der Waals surface area contributed by atoms with Crippen molar-refractivity contribution in [1.29, 1.82) is 0 Å². The summed E-state index contributed by atoms with van der Waals surface area (Å²) in [5, 5.41) is 3.01. The molecule has 26 heavy (non-hydrogen) atoms. The second-order valence-corrected chi connectivity index (χ2v) is 9.14. The molecule has 6 heteroatoms. The van der Waals surface area contributed by atoms with Crippen LogP contribution in [-0.2, 0) is 4.79 Å². The topological polar surface area (TPSA) is 55.9 Å². The fourth-order valence-electron chi connectivity index (χ4n) is 5.72. The van der Waals surface area contributed by atoms with E-state index in [-0.39, 0.29) is 12.1 Å². The molecule has 2 bridgehead atoms. The molecule has 0 aliphatic carbocycles. The largest absolute Gasteiger partial charge is 0.339 e. The third-order valence-corrected chi connectivity index (χ3v) is 6.89. The van der Waals surface area contributed by atoms with Gasteiger partial charge in [-0.05, 0) is 57.8 Å². The molecule has 0 aromatic rings. The molecule has 0 unspecified atom stereocenters. The number of likely N-dealkylation sites (tertiary alicyclic amines) is 2. The summed E-state index contributed by atoms with van der Waals surface area (Å²) in [5.41, 5.74) is 0. The summed E-state index contributed by atoms with van der Waals surface area (Å²) in [6.45, 7) is 9.01. The van der Waals surface area contributed by atoms with Gasteiger partial charge >= 0.3 is 6.03 Å². The average molecular weight is 363 g/mol. The van der Waals surface area contributed by atoms with Crippen molar-refractivity contribution in [3.05, 3.63) is 0 Å². The van der Waals surface area contributed by atoms with Crippen LogP contribution in [0.4, 0.5) is 4.79 Å². The fourth-order valence-corrected chi connectivity index (χ4v) is 5.72. The minimum atomic E-state index is 0.0883. The van der Waals surface area contributed by atoms with E-state index < -0.39 is 0 Å². The standard InChI is InChI=1S/C20H34N4O2/c1-14(2)21-20(26)22-8-6-17(7-9-22)23-11-15-10-16(13-23)18-4-3-5-19(25)24(18)12-15/h14-18H,3-13H2,1-2H3,(H,21,26)/t15-,16-,18-/m1/s1. The molecule has 0 saturated carbocycles. The lowest BCUT2D eigenvalue weighted by Crippen LogP contribution is -2.62. The van der Waals surface area contributed by atoms with E-state index >= 15 is 0 Å². The highest BCUT2D eigenvalue weighted by Crippen LogP contribution is 2.39. The molecule has 4 fully saturated rings. The van der Waals surface area contributed by atoms with Gasteiger partial charge in [-0.25, -0.2) is 4.79 Å². The molecule has 4 saturated heterocycles. The van der Waals surface area contributed by atoms with Gasteiger partial charge in [0.05, 0.1) is 0 Å². The maximum Gasteiger partial charge on any atom is 0.317 e. The summed E-state index contributed by atoms with van der Waals surface area (Å²) in [7, 11) is 0. The Labute approximate surface area is 157 Å². The molecule has 0 spiro atoms. The molecule has 3 atom stereocenters. The minimum Gasteiger partial charge on any atom is -0.339 e. The highest BCUT2D eigenvalue weighted by molar-refractivity contribution is 5.77. The summed E-state index contributed by atoms with van der Waals surface area (Å²) >= 11 is 0. The van der Waals surface area contributed by atoms with Crippen molar-refractivity contribution in [2.45, 2.75) is 70.5 Å². The van der Waals surface area contributed by atoms with Crippen LogP contribution in [0.5, 0.6) is 0 Å². The van der Waals surface area contributed by atoms with Gasteiger partial charge in [0.25, 0.3) is 0 Å². The number of nitrogens with zero attached hydrogens (tertiary/aromatic N) is 3. The van der Waals surface area contributed by atoms with Gasteiger partial charge in [-0.2, -0.15) is 0 Å². The smallest absolute Gasteiger partial charge is 0.317 e. The first-order valence-corrected chi connectivity index (χ1v) is 10.6. The zero-order valence-electron chi connectivity index (χ0n) is 16.3. The van der Waals surface area contributed by atoms with Crippen LogP contribution in [0.15, 0.2) is 0 Å². The van der Waals surface area contributed by atoms with Crippen LogP contribution in [0.1, 0.15) is 52.4 Å². The first-order valence-electron chi connectivity index (χ1n) is 10.6. The molecule has 0 radical (unpaired) electrons. The maximum atomic E-state index is 12.3. The third kappa shape index (κ3) is 3.57. The first kappa shape index (κ1) is 18.1. The Morgan fingerprint density at radius 3 is 2.62 bits per heavy atom. The van der Waals surface area contributed by atoms with Crippen molar-refractivity contribution in [2.24, 2.45) is 11.8 Å². The van der Waals surface area contributed by atoms with Gasteiger partial charge in [0.1, 0.15) is 0 Å². The molecule has 4 rings (SSSR count). The van der Waals surface area contributed by atoms with Gasteiger partial charge in [0.2, 0.25) is 5.91 Å². The molecule has 0 aromatic carbocycles. The molecule has 6 nitrogen and oxygen atoms in total. The van der Waals surface area contributed by atoms with E-state index in [0.29, 0.717) is 29.8 Å². The molecule has 0 aromatic heterocycles. The Hall–Kier alpha value is -1.30. The molecule has 4 heterocycles. The predicted molar refractivity (Wildman–Crippen MR) is 101 cm³/mol. The number of amides is 3. The first-order chi connectivity index (χ1) is 12.5. The Morgan fingerprint density at radius 1 is 1.12 bits per heavy atom. The minimum absolute atomic E-state index is 0.0883. The van der Waals surface area contributed by atoms with Crippen molar-refractivity contribution >= 4 is 11.9 Å². The van der Waals surface area contributed by atoms with Crippen LogP contribution in [0.3, 0.4) is 0 Å². The number of piperidine rings is 4. The molecule has 146 valence electrons. The normalized spacial score (nSPS) is 33.3. The summed E-state index contributed by atoms with van der Waals surface area (Å²) in [5.74, 6) is 1.71. The monoisotopic (exact) mass is 362 g/mol. The lowest BCUT2D eigenvalue weighted by molar-refractivity contribution is -0.145. The van der Waals surface area contributed by atoms with Gasteiger partial charge in [-0.3, -0.25) is 9.69 Å². The number of carbonyl (C=O) groups excluding carboxylic acids is 2. The highest BCUT2D eigenvalue weighted by Gasteiger charge is 2.45. The Kier molecular flexibility index (Phi) is 5.13. The van der Waals surface area contributed by atoms with Crippen LogP contribution < -0.4 is 5.32 Å². The maximum absolute atomic E-state index is 12.3. The number of hydrogen-bond donors (Lipinski definition) is 1. The van der Waals surface area contributed by atoms with Crippen LogP contribution >= 0.6 is 0 Å². The zero-order chi connectivity index (χ0) is 18.3. The Bertz CT molecular complexity index is 544. The predicted octanol–water partition coefficient (Wildman–Crippen LogP) is 1.90. The van der Waals surface area contributed by atoms with E-state index in [0.717, 1.165) is 58.4 Å². The van der Waals surface area contributed by atoms with Crippen LogP contribution in [-0.4, -0.2) is 77.5 Å². The van der Waals surface area contributed by atoms with Gasteiger partial charge in [-0.1, -0.05) is 0 Å². The Morgan fingerprint density at radius 2 is 1.88 bits per heavy atom. The van der Waals surface area contributed by atoms with Gasteiger partial charge < -0.3 is 15.1 Å². The lowest BCUT2D eigenvalue weighted by atomic mass is 9.75. The number of urea groups is 1. The summed E-state index contributed by atoms with van der Waals surface area (Å²) < 4.78 is 0. The number of fused-ring (bicyclic) bond motifs is 4. The van der Waals surface area contributed by atoms with Crippen molar-refractivity contribution < 1.29 is 9.59 Å². The van der Waals surface area contributed by atoms with Crippen molar-refractivity contribution in [3.8, 4) is 0 Å². The molecule has 4 aliphatic rings. The number of nitrogens with one attached hydrogen (secondary N) is 1. The van der Waals surface area contributed by atoms with Crippen molar-refractivity contribution in [3.63, 3.8) is 0 Å². The Balaban J connectivity index is 1.33. The van der Waals surface area contributed by atoms with E-state index in [1.165, 1.54) is 12.8 Å². The van der Waals surface area contributed by atoms with E-state index in [2.05, 4.69) is 15.1 Å². The lowest BCUT2D eigenvalue weighted by Gasteiger charge is -2.54.